The lowest BCUT2D eigenvalue weighted by atomic mass is 10.1. The highest BCUT2D eigenvalue weighted by Crippen LogP contribution is 2.07. The van der Waals surface area contributed by atoms with E-state index in [0.29, 0.717) is 6.54 Å². The topological polar surface area (TPSA) is 38.0 Å². The van der Waals surface area contributed by atoms with Crippen LogP contribution in [-0.2, 0) is 0 Å². The molecule has 15 heavy (non-hydrogen) atoms. The molecule has 0 rings (SSSR count). The van der Waals surface area contributed by atoms with Crippen LogP contribution in [0, 0.1) is 0 Å². The van der Waals surface area contributed by atoms with E-state index in [0.717, 1.165) is 12.8 Å². The molecule has 0 aromatic rings. The van der Waals surface area contributed by atoms with Gasteiger partial charge in [-0.3, -0.25) is 0 Å². The minimum atomic E-state index is -2.28. The van der Waals surface area contributed by atoms with Gasteiger partial charge in [0.15, 0.2) is 0 Å². The molecule has 2 nitrogen and oxygen atoms in total. The maximum Gasteiger partial charge on any atom is 0.250 e. The highest BCUT2D eigenvalue weighted by molar-refractivity contribution is 4.68. The Kier molecular flexibility index (Phi) is 10.2. The molecule has 4 heteroatoms. The first-order chi connectivity index (χ1) is 7.20. The first kappa shape index (κ1) is 14.8. The van der Waals surface area contributed by atoms with Gasteiger partial charge >= 0.3 is 0 Å². The van der Waals surface area contributed by atoms with Crippen LogP contribution in [0.1, 0.15) is 45.4 Å². The second-order valence-electron chi connectivity index (χ2n) is 3.93. The van der Waals surface area contributed by atoms with Gasteiger partial charge in [0, 0.05) is 12.6 Å². The van der Waals surface area contributed by atoms with Crippen LogP contribution in [-0.4, -0.2) is 25.6 Å². The summed E-state index contributed by atoms with van der Waals surface area (Å²) in [5, 5.41) is 2.78. The van der Waals surface area contributed by atoms with Gasteiger partial charge in [-0.05, 0) is 6.42 Å². The zero-order valence-electron chi connectivity index (χ0n) is 9.64. The van der Waals surface area contributed by atoms with E-state index in [1.54, 1.807) is 0 Å². The Balaban J connectivity index is 3.36. The molecule has 3 N–H and O–H groups in total. The van der Waals surface area contributed by atoms with Crippen molar-refractivity contribution < 1.29 is 8.78 Å². The first-order valence-electron chi connectivity index (χ1n) is 5.92. The summed E-state index contributed by atoms with van der Waals surface area (Å²) in [6.45, 7) is 2.38. The normalized spacial score (nSPS) is 13.4. The molecule has 0 radical (unpaired) electrons. The van der Waals surface area contributed by atoms with E-state index in [4.69, 9.17) is 5.73 Å². The van der Waals surface area contributed by atoms with Crippen molar-refractivity contribution in [3.8, 4) is 0 Å². The van der Waals surface area contributed by atoms with Crippen LogP contribution in [0.25, 0.3) is 0 Å². The van der Waals surface area contributed by atoms with Gasteiger partial charge in [-0.15, -0.1) is 0 Å². The number of halogens is 2. The molecule has 0 fully saturated rings. The summed E-state index contributed by atoms with van der Waals surface area (Å²) >= 11 is 0. The van der Waals surface area contributed by atoms with Crippen molar-refractivity contribution in [2.45, 2.75) is 57.9 Å². The van der Waals surface area contributed by atoms with E-state index in [9.17, 15) is 8.78 Å². The average molecular weight is 222 g/mol. The van der Waals surface area contributed by atoms with Gasteiger partial charge in [-0.2, -0.15) is 0 Å². The second kappa shape index (κ2) is 10.3. The van der Waals surface area contributed by atoms with E-state index in [-0.39, 0.29) is 12.6 Å². The third kappa shape index (κ3) is 10.1. The molecule has 0 bridgehead atoms. The molecule has 0 aromatic carbocycles. The molecule has 0 saturated carbocycles. The van der Waals surface area contributed by atoms with Crippen molar-refractivity contribution in [2.24, 2.45) is 5.73 Å². The SMILES string of the molecule is CCCCCCCC(CN)NCC(F)F. The van der Waals surface area contributed by atoms with Crippen LogP contribution < -0.4 is 11.1 Å². The van der Waals surface area contributed by atoms with Gasteiger partial charge in [0.05, 0.1) is 6.54 Å². The Labute approximate surface area is 91.6 Å². The van der Waals surface area contributed by atoms with E-state index in [1.807, 2.05) is 0 Å². The minimum absolute atomic E-state index is 0.0561. The fraction of sp³-hybridized carbons (Fsp3) is 1.00. The van der Waals surface area contributed by atoms with Crippen LogP contribution in [0.2, 0.25) is 0 Å². The summed E-state index contributed by atoms with van der Waals surface area (Å²) in [6, 6.07) is 0.0561. The predicted octanol–water partition coefficient (Wildman–Crippen LogP) is 2.53. The molecule has 0 aliphatic heterocycles. The van der Waals surface area contributed by atoms with Gasteiger partial charge in [-0.25, -0.2) is 8.78 Å². The van der Waals surface area contributed by atoms with E-state index < -0.39 is 6.43 Å². The van der Waals surface area contributed by atoms with E-state index in [1.165, 1.54) is 25.7 Å². The maximum atomic E-state index is 11.9. The Morgan fingerprint density at radius 1 is 1.13 bits per heavy atom. The lowest BCUT2D eigenvalue weighted by Gasteiger charge is -2.16. The van der Waals surface area contributed by atoms with Crippen LogP contribution >= 0.6 is 0 Å². The lowest BCUT2D eigenvalue weighted by Crippen LogP contribution is -2.38. The van der Waals surface area contributed by atoms with Crippen LogP contribution in [0.5, 0.6) is 0 Å². The van der Waals surface area contributed by atoms with Crippen molar-refractivity contribution in [3.63, 3.8) is 0 Å². The molecular weight excluding hydrogens is 198 g/mol. The summed E-state index contributed by atoms with van der Waals surface area (Å²) < 4.78 is 23.8. The number of hydrogen-bond donors (Lipinski definition) is 2. The summed E-state index contributed by atoms with van der Waals surface area (Å²) in [5.41, 5.74) is 5.49. The Bertz CT molecular complexity index is 132. The number of rotatable bonds is 10. The van der Waals surface area contributed by atoms with Crippen molar-refractivity contribution >= 4 is 0 Å². The van der Waals surface area contributed by atoms with Gasteiger partial charge in [0.25, 0.3) is 6.43 Å². The zero-order valence-corrected chi connectivity index (χ0v) is 9.64. The van der Waals surface area contributed by atoms with Gasteiger partial charge in [0.2, 0.25) is 0 Å². The highest BCUT2D eigenvalue weighted by Gasteiger charge is 2.08. The van der Waals surface area contributed by atoms with Gasteiger partial charge in [-0.1, -0.05) is 39.0 Å². The molecule has 0 aromatic heterocycles. The molecule has 0 aliphatic carbocycles. The van der Waals surface area contributed by atoms with Crippen LogP contribution in [0.15, 0.2) is 0 Å². The molecule has 0 amide bonds. The van der Waals surface area contributed by atoms with Crippen LogP contribution in [0.4, 0.5) is 8.78 Å². The van der Waals surface area contributed by atoms with E-state index >= 15 is 0 Å². The number of nitrogens with one attached hydrogen (secondary N) is 1. The van der Waals surface area contributed by atoms with Crippen molar-refractivity contribution in [3.05, 3.63) is 0 Å². The third-order valence-corrected chi connectivity index (χ3v) is 2.50. The lowest BCUT2D eigenvalue weighted by molar-refractivity contribution is 0.140. The predicted molar refractivity (Wildman–Crippen MR) is 60.2 cm³/mol. The monoisotopic (exact) mass is 222 g/mol. The third-order valence-electron chi connectivity index (χ3n) is 2.50. The fourth-order valence-electron chi connectivity index (χ4n) is 1.55. The molecular formula is C11H24F2N2. The average Bonchev–Trinajstić information content (AvgIpc) is 2.22. The number of nitrogens with two attached hydrogens (primary N) is 1. The number of alkyl halides is 2. The first-order valence-corrected chi connectivity index (χ1v) is 5.92. The molecule has 0 heterocycles. The molecule has 0 aliphatic rings. The van der Waals surface area contributed by atoms with Crippen molar-refractivity contribution in [1.29, 1.82) is 0 Å². The highest BCUT2D eigenvalue weighted by atomic mass is 19.3. The summed E-state index contributed by atoms with van der Waals surface area (Å²) in [4.78, 5) is 0. The molecule has 0 spiro atoms. The fourth-order valence-corrected chi connectivity index (χ4v) is 1.55. The Morgan fingerprint density at radius 3 is 2.33 bits per heavy atom. The minimum Gasteiger partial charge on any atom is -0.329 e. The molecule has 1 atom stereocenters. The molecule has 92 valence electrons. The largest absolute Gasteiger partial charge is 0.329 e. The summed E-state index contributed by atoms with van der Waals surface area (Å²) in [5.74, 6) is 0. The molecule has 1 unspecified atom stereocenters. The van der Waals surface area contributed by atoms with Gasteiger partial charge < -0.3 is 11.1 Å². The van der Waals surface area contributed by atoms with Gasteiger partial charge in [0.1, 0.15) is 0 Å². The van der Waals surface area contributed by atoms with Crippen molar-refractivity contribution in [2.75, 3.05) is 13.1 Å². The zero-order chi connectivity index (χ0) is 11.5. The van der Waals surface area contributed by atoms with Crippen molar-refractivity contribution in [1.82, 2.24) is 5.32 Å². The smallest absolute Gasteiger partial charge is 0.250 e. The summed E-state index contributed by atoms with van der Waals surface area (Å²) in [7, 11) is 0. The van der Waals surface area contributed by atoms with E-state index in [2.05, 4.69) is 12.2 Å². The Hall–Kier alpha value is -0.220. The summed E-state index contributed by atoms with van der Waals surface area (Å²) in [6.07, 6.45) is 4.62. The number of unbranched alkanes of at least 4 members (excludes halogenated alkanes) is 4. The Morgan fingerprint density at radius 2 is 1.80 bits per heavy atom. The quantitative estimate of drug-likeness (QED) is 0.557. The molecule has 0 saturated heterocycles. The number of hydrogen-bond acceptors (Lipinski definition) is 2. The second-order valence-corrected chi connectivity index (χ2v) is 3.93. The standard InChI is InChI=1S/C11H24F2N2/c1-2-3-4-5-6-7-10(8-14)15-9-11(12)13/h10-11,15H,2-9,14H2,1H3. The van der Waals surface area contributed by atoms with Crippen LogP contribution in [0.3, 0.4) is 0 Å². The maximum absolute atomic E-state index is 11.9.